The summed E-state index contributed by atoms with van der Waals surface area (Å²) >= 11 is 0. The highest BCUT2D eigenvalue weighted by Gasteiger charge is 2.19. The largest absolute Gasteiger partial charge is 0.309 e. The number of benzene rings is 4. The number of aromatic nitrogens is 3. The molecule has 0 bridgehead atoms. The average molecular weight is 488 g/mol. The Morgan fingerprint density at radius 3 is 2.32 bits per heavy atom. The van der Waals surface area contributed by atoms with E-state index in [0.29, 0.717) is 0 Å². The van der Waals surface area contributed by atoms with Gasteiger partial charge >= 0.3 is 0 Å². The first kappa shape index (κ1) is 21.2. The summed E-state index contributed by atoms with van der Waals surface area (Å²) < 4.78 is 4.74. The van der Waals surface area contributed by atoms with Crippen molar-refractivity contribution in [3.63, 3.8) is 0 Å². The highest BCUT2D eigenvalue weighted by Crippen LogP contribution is 2.40. The molecule has 0 saturated carbocycles. The van der Waals surface area contributed by atoms with Gasteiger partial charge < -0.3 is 4.57 Å². The Labute approximate surface area is 220 Å². The van der Waals surface area contributed by atoms with E-state index in [1.165, 1.54) is 60.6 Å². The van der Waals surface area contributed by atoms with Gasteiger partial charge in [0.25, 0.3) is 0 Å². The molecule has 0 spiro atoms. The maximum Gasteiger partial charge on any atom is 0.145 e. The fourth-order valence-electron chi connectivity index (χ4n) is 6.14. The summed E-state index contributed by atoms with van der Waals surface area (Å²) in [5, 5.41) is 4.95. The molecule has 7 aromatic rings. The van der Waals surface area contributed by atoms with Gasteiger partial charge in [0.2, 0.25) is 0 Å². The van der Waals surface area contributed by atoms with Crippen LogP contribution in [0.3, 0.4) is 0 Å². The molecule has 0 radical (unpaired) electrons. The van der Waals surface area contributed by atoms with E-state index in [4.69, 9.17) is 4.98 Å². The van der Waals surface area contributed by atoms with Crippen molar-refractivity contribution in [3.8, 4) is 16.8 Å². The van der Waals surface area contributed by atoms with Crippen LogP contribution >= 0.6 is 0 Å². The van der Waals surface area contributed by atoms with E-state index in [2.05, 4.69) is 124 Å². The normalized spacial score (nSPS) is 13.6. The van der Waals surface area contributed by atoms with Gasteiger partial charge in [-0.05, 0) is 60.9 Å². The molecule has 1 aliphatic carbocycles. The van der Waals surface area contributed by atoms with Crippen LogP contribution in [0.25, 0.3) is 66.3 Å². The molecule has 0 unspecified atom stereocenters. The van der Waals surface area contributed by atoms with Gasteiger partial charge in [-0.25, -0.2) is 4.98 Å². The molecule has 1 aliphatic rings. The van der Waals surface area contributed by atoms with E-state index in [1.807, 2.05) is 12.3 Å². The van der Waals surface area contributed by atoms with Crippen molar-refractivity contribution in [3.05, 3.63) is 128 Å². The third-order valence-electron chi connectivity index (χ3n) is 7.78. The van der Waals surface area contributed by atoms with Crippen LogP contribution in [0.2, 0.25) is 0 Å². The molecular formula is C35H25N3. The number of rotatable bonds is 3. The summed E-state index contributed by atoms with van der Waals surface area (Å²) in [6.07, 6.45) is 10.9. The van der Waals surface area contributed by atoms with Gasteiger partial charge in [0, 0.05) is 44.7 Å². The van der Waals surface area contributed by atoms with Crippen LogP contribution < -0.4 is 0 Å². The van der Waals surface area contributed by atoms with Gasteiger partial charge in [-0.2, -0.15) is 0 Å². The van der Waals surface area contributed by atoms with Crippen LogP contribution in [0.5, 0.6) is 0 Å². The average Bonchev–Trinajstić information content (AvgIpc) is 3.51. The Morgan fingerprint density at radius 2 is 1.42 bits per heavy atom. The van der Waals surface area contributed by atoms with Crippen molar-refractivity contribution in [1.29, 1.82) is 0 Å². The quantitative estimate of drug-likeness (QED) is 0.244. The van der Waals surface area contributed by atoms with Gasteiger partial charge in [-0.3, -0.25) is 4.57 Å². The fourth-order valence-corrected chi connectivity index (χ4v) is 6.14. The van der Waals surface area contributed by atoms with Crippen molar-refractivity contribution in [2.24, 2.45) is 0 Å². The third-order valence-corrected chi connectivity index (χ3v) is 7.78. The molecule has 0 aliphatic heterocycles. The van der Waals surface area contributed by atoms with Crippen molar-refractivity contribution in [2.45, 2.75) is 12.8 Å². The number of pyridine rings is 1. The minimum atomic E-state index is 1.01. The van der Waals surface area contributed by atoms with Gasteiger partial charge in [0.1, 0.15) is 5.65 Å². The summed E-state index contributed by atoms with van der Waals surface area (Å²) in [6.45, 7) is 0. The van der Waals surface area contributed by atoms with Crippen LogP contribution in [0.15, 0.2) is 128 Å². The molecule has 3 nitrogen and oxygen atoms in total. The SMILES string of the molecule is C1=CC(n2c3ncccc3c3cccc(-c4ccc5c6ccccc6n(-c6ccccc6)c5c4)c32)=CCC1. The topological polar surface area (TPSA) is 22.8 Å². The van der Waals surface area contributed by atoms with Crippen LogP contribution in [-0.2, 0) is 0 Å². The lowest BCUT2D eigenvalue weighted by Crippen LogP contribution is -1.99. The standard InChI is InChI=1S/C35H25N3/c1-3-11-25(12-4-1)37-32-19-8-7-15-28(32)29-21-20-24(23-33(29)37)27-16-9-17-30-31-18-10-22-36-35(31)38(34(27)30)26-13-5-2-6-14-26/h1,3-5,7-23H,2,6H2. The number of fused-ring (bicyclic) bond motifs is 6. The summed E-state index contributed by atoms with van der Waals surface area (Å²) in [5.74, 6) is 0. The Bertz CT molecular complexity index is 2070. The highest BCUT2D eigenvalue weighted by atomic mass is 15.1. The Hall–Kier alpha value is -4.89. The van der Waals surface area contributed by atoms with E-state index in [9.17, 15) is 0 Å². The number of para-hydroxylation sites is 3. The van der Waals surface area contributed by atoms with Gasteiger partial charge in [0.15, 0.2) is 0 Å². The summed E-state index contributed by atoms with van der Waals surface area (Å²) in [6, 6.07) is 37.2. The first-order valence-corrected chi connectivity index (χ1v) is 13.2. The predicted octanol–water partition coefficient (Wildman–Crippen LogP) is 9.14. The molecule has 3 aromatic heterocycles. The maximum absolute atomic E-state index is 4.85. The number of hydrogen-bond acceptors (Lipinski definition) is 1. The molecule has 4 aromatic carbocycles. The monoisotopic (exact) mass is 487 g/mol. The van der Waals surface area contributed by atoms with E-state index in [0.717, 1.165) is 18.5 Å². The van der Waals surface area contributed by atoms with Gasteiger partial charge in [-0.1, -0.05) is 78.9 Å². The van der Waals surface area contributed by atoms with Crippen LogP contribution in [0, 0.1) is 0 Å². The van der Waals surface area contributed by atoms with Crippen molar-refractivity contribution >= 4 is 49.4 Å². The van der Waals surface area contributed by atoms with E-state index < -0.39 is 0 Å². The third kappa shape index (κ3) is 3.05. The Balaban J connectivity index is 1.47. The molecule has 8 rings (SSSR count). The molecule has 0 atom stereocenters. The first-order valence-electron chi connectivity index (χ1n) is 13.2. The van der Waals surface area contributed by atoms with Crippen LogP contribution in [0.4, 0.5) is 0 Å². The molecular weight excluding hydrogens is 462 g/mol. The van der Waals surface area contributed by atoms with Gasteiger partial charge in [-0.15, -0.1) is 0 Å². The summed E-state index contributed by atoms with van der Waals surface area (Å²) in [5.41, 5.74) is 9.43. The van der Waals surface area contributed by atoms with Crippen LogP contribution in [0.1, 0.15) is 12.8 Å². The van der Waals surface area contributed by atoms with E-state index in [-0.39, 0.29) is 0 Å². The van der Waals surface area contributed by atoms with Gasteiger partial charge in [0.05, 0.1) is 16.6 Å². The van der Waals surface area contributed by atoms with Crippen molar-refractivity contribution < 1.29 is 0 Å². The lowest BCUT2D eigenvalue weighted by molar-refractivity contribution is 1.02. The fraction of sp³-hybridized carbons (Fsp3) is 0.0571. The second-order valence-electron chi connectivity index (χ2n) is 9.94. The first-order chi connectivity index (χ1) is 18.9. The number of hydrogen-bond donors (Lipinski definition) is 0. The molecule has 0 amide bonds. The lowest BCUT2D eigenvalue weighted by atomic mass is 10.00. The Morgan fingerprint density at radius 1 is 0.605 bits per heavy atom. The van der Waals surface area contributed by atoms with Crippen LogP contribution in [-0.4, -0.2) is 14.1 Å². The molecule has 0 fully saturated rings. The number of nitrogens with zero attached hydrogens (tertiary/aromatic N) is 3. The highest BCUT2D eigenvalue weighted by molar-refractivity contribution is 6.15. The predicted molar refractivity (Wildman–Crippen MR) is 160 cm³/mol. The summed E-state index contributed by atoms with van der Waals surface area (Å²) in [7, 11) is 0. The van der Waals surface area contributed by atoms with E-state index >= 15 is 0 Å². The molecule has 3 heterocycles. The molecule has 0 N–H and O–H groups in total. The van der Waals surface area contributed by atoms with E-state index in [1.54, 1.807) is 0 Å². The second-order valence-corrected chi connectivity index (χ2v) is 9.94. The molecule has 3 heteroatoms. The lowest BCUT2D eigenvalue weighted by Gasteiger charge is -2.14. The van der Waals surface area contributed by atoms with Crippen molar-refractivity contribution in [2.75, 3.05) is 0 Å². The molecule has 180 valence electrons. The zero-order valence-electron chi connectivity index (χ0n) is 20.9. The minimum Gasteiger partial charge on any atom is -0.309 e. The summed E-state index contributed by atoms with van der Waals surface area (Å²) in [4.78, 5) is 4.85. The van der Waals surface area contributed by atoms with Crippen molar-refractivity contribution in [1.82, 2.24) is 14.1 Å². The zero-order valence-corrected chi connectivity index (χ0v) is 20.9. The maximum atomic E-state index is 4.85. The molecule has 38 heavy (non-hydrogen) atoms. The second kappa shape index (κ2) is 8.32. The number of allylic oxidation sites excluding steroid dienone is 4. The smallest absolute Gasteiger partial charge is 0.145 e. The zero-order chi connectivity index (χ0) is 25.1. The molecule has 0 saturated heterocycles. The minimum absolute atomic E-state index is 1.01. The Kier molecular flexibility index (Phi) is 4.65.